The third-order valence-electron chi connectivity index (χ3n) is 4.18. The quantitative estimate of drug-likeness (QED) is 0.624. The topological polar surface area (TPSA) is 148 Å². The zero-order valence-corrected chi connectivity index (χ0v) is 18.1. The number of H-pyrrole nitrogens is 1. The molecular weight excluding hydrogens is 394 g/mol. The van der Waals surface area contributed by atoms with Gasteiger partial charge in [-0.1, -0.05) is 13.8 Å². The number of amides is 1. The van der Waals surface area contributed by atoms with Crippen LogP contribution in [0.1, 0.15) is 53.7 Å². The number of anilines is 1. The van der Waals surface area contributed by atoms with Crippen LogP contribution in [0.25, 0.3) is 11.2 Å². The van der Waals surface area contributed by atoms with Gasteiger partial charge in [0, 0.05) is 13.0 Å². The molecule has 2 atom stereocenters. The van der Waals surface area contributed by atoms with Gasteiger partial charge in [-0.15, -0.1) is 0 Å². The lowest BCUT2D eigenvalue weighted by atomic mass is 10.2. The van der Waals surface area contributed by atoms with Crippen molar-refractivity contribution in [2.75, 3.05) is 12.4 Å². The number of nitrogens with one attached hydrogen (secondary N) is 2. The van der Waals surface area contributed by atoms with Crippen LogP contribution in [0.5, 0.6) is 0 Å². The summed E-state index contributed by atoms with van der Waals surface area (Å²) in [6.07, 6.45) is 1.27. The number of fused-ring (bicyclic) bond motifs is 1. The molecule has 1 aliphatic rings. The molecule has 2 aromatic heterocycles. The van der Waals surface area contributed by atoms with Crippen molar-refractivity contribution >= 4 is 29.0 Å². The van der Waals surface area contributed by atoms with Crippen molar-refractivity contribution in [1.82, 2.24) is 19.5 Å². The Balaban J connectivity index is 0.00000155. The molecule has 0 bridgehead atoms. The Morgan fingerprint density at radius 3 is 2.60 bits per heavy atom. The maximum absolute atomic E-state index is 12.3. The number of rotatable bonds is 4. The molecule has 1 amide bonds. The monoisotopic (exact) mass is 423 g/mol. The largest absolute Gasteiger partial charge is 0.458 e. The minimum Gasteiger partial charge on any atom is -0.458 e. The Morgan fingerprint density at radius 1 is 1.33 bits per heavy atom. The number of aromatic amines is 1. The van der Waals surface area contributed by atoms with E-state index in [4.69, 9.17) is 14.6 Å². The molecule has 0 spiro atoms. The van der Waals surface area contributed by atoms with Crippen molar-refractivity contribution in [2.45, 2.75) is 65.4 Å². The predicted octanol–water partition coefficient (Wildman–Crippen LogP) is 1.34. The maximum atomic E-state index is 12.3. The number of carbonyl (C=O) groups is 2. The first-order valence-corrected chi connectivity index (χ1v) is 9.66. The van der Waals surface area contributed by atoms with Gasteiger partial charge in [-0.25, -0.2) is 9.78 Å². The summed E-state index contributed by atoms with van der Waals surface area (Å²) >= 11 is 0. The number of hydrogen-bond acceptors (Lipinski definition) is 8. The Bertz CT molecular complexity index is 958. The number of hydrogen-bond donors (Lipinski definition) is 3. The van der Waals surface area contributed by atoms with Crippen molar-refractivity contribution in [3.05, 3.63) is 16.7 Å². The lowest BCUT2D eigenvalue weighted by Gasteiger charge is -2.22. The van der Waals surface area contributed by atoms with Gasteiger partial charge in [0.2, 0.25) is 11.9 Å². The van der Waals surface area contributed by atoms with Crippen molar-refractivity contribution in [3.63, 3.8) is 0 Å². The maximum Gasteiger partial charge on any atom is 0.335 e. The van der Waals surface area contributed by atoms with E-state index in [2.05, 4.69) is 20.3 Å². The fourth-order valence-electron chi connectivity index (χ4n) is 2.82. The fourth-order valence-corrected chi connectivity index (χ4v) is 2.82. The van der Waals surface area contributed by atoms with Crippen molar-refractivity contribution < 1.29 is 24.2 Å². The predicted molar refractivity (Wildman–Crippen MR) is 109 cm³/mol. The summed E-state index contributed by atoms with van der Waals surface area (Å²) in [4.78, 5) is 47.3. The molecular formula is C19H29N5O6. The normalized spacial score (nSPS) is 18.8. The van der Waals surface area contributed by atoms with Crippen molar-refractivity contribution in [1.29, 1.82) is 0 Å². The number of nitrogens with zero attached hydrogens (tertiary/aromatic N) is 3. The van der Waals surface area contributed by atoms with Crippen molar-refractivity contribution in [3.8, 4) is 0 Å². The molecule has 3 heterocycles. The summed E-state index contributed by atoms with van der Waals surface area (Å²) in [7, 11) is 1.00. The molecule has 0 radical (unpaired) electrons. The summed E-state index contributed by atoms with van der Waals surface area (Å²) in [6.45, 7) is 8.86. The van der Waals surface area contributed by atoms with E-state index in [0.717, 1.165) is 7.11 Å². The molecule has 2 unspecified atom stereocenters. The minimum absolute atomic E-state index is 0.0413. The lowest BCUT2D eigenvalue weighted by Crippen LogP contribution is -2.31. The average Bonchev–Trinajstić information content (AvgIpc) is 3.28. The van der Waals surface area contributed by atoms with Crippen LogP contribution in [0.3, 0.4) is 0 Å². The number of ether oxygens (including phenoxy) is 2. The molecule has 11 nitrogen and oxygen atoms in total. The molecule has 0 aliphatic carbocycles. The molecule has 166 valence electrons. The van der Waals surface area contributed by atoms with Crippen LogP contribution in [-0.4, -0.2) is 55.3 Å². The van der Waals surface area contributed by atoms with Crippen LogP contribution in [0, 0.1) is 5.92 Å². The molecule has 1 aliphatic heterocycles. The second-order valence-corrected chi connectivity index (χ2v) is 8.07. The molecule has 2 aromatic rings. The van der Waals surface area contributed by atoms with E-state index < -0.39 is 29.5 Å². The Hall–Kier alpha value is -2.79. The van der Waals surface area contributed by atoms with Crippen LogP contribution in [0.4, 0.5) is 5.95 Å². The van der Waals surface area contributed by atoms with E-state index in [1.165, 1.54) is 6.33 Å². The highest BCUT2D eigenvalue weighted by Crippen LogP contribution is 2.31. The van der Waals surface area contributed by atoms with Crippen LogP contribution < -0.4 is 10.9 Å². The van der Waals surface area contributed by atoms with E-state index in [0.29, 0.717) is 12.8 Å². The van der Waals surface area contributed by atoms with Gasteiger partial charge in [0.25, 0.3) is 5.56 Å². The smallest absolute Gasteiger partial charge is 0.335 e. The Kier molecular flexibility index (Phi) is 7.32. The van der Waals surface area contributed by atoms with Gasteiger partial charge in [-0.3, -0.25) is 24.5 Å². The number of imidazole rings is 1. The third-order valence-corrected chi connectivity index (χ3v) is 4.18. The van der Waals surface area contributed by atoms with Gasteiger partial charge in [0.05, 0.1) is 6.33 Å². The number of esters is 1. The zero-order chi connectivity index (χ0) is 22.6. The molecule has 0 saturated carbocycles. The second-order valence-electron chi connectivity index (χ2n) is 8.07. The fraction of sp³-hybridized carbons (Fsp3) is 0.632. The Labute approximate surface area is 173 Å². The lowest BCUT2D eigenvalue weighted by molar-refractivity contribution is -0.169. The van der Waals surface area contributed by atoms with E-state index in [-0.39, 0.29) is 28.9 Å². The van der Waals surface area contributed by atoms with Gasteiger partial charge in [-0.05, 0) is 33.6 Å². The Morgan fingerprint density at radius 2 is 2.00 bits per heavy atom. The number of aliphatic hydroxyl groups is 1. The molecule has 3 rings (SSSR count). The highest BCUT2D eigenvalue weighted by atomic mass is 16.6. The van der Waals surface area contributed by atoms with Gasteiger partial charge >= 0.3 is 5.97 Å². The molecule has 30 heavy (non-hydrogen) atoms. The first-order chi connectivity index (χ1) is 14.0. The molecule has 11 heteroatoms. The highest BCUT2D eigenvalue weighted by molar-refractivity contribution is 5.91. The van der Waals surface area contributed by atoms with Gasteiger partial charge in [-0.2, -0.15) is 4.98 Å². The summed E-state index contributed by atoms with van der Waals surface area (Å²) < 4.78 is 12.8. The SMILES string of the molecule is CC(C)C(=O)Nc1nc2c(ncn2C2CCC(C(=O)OC(C)(C)C)O2)c(=O)[nH]1.CO. The zero-order valence-electron chi connectivity index (χ0n) is 18.1. The first-order valence-electron chi connectivity index (χ1n) is 9.66. The minimum atomic E-state index is -0.691. The van der Waals surface area contributed by atoms with Crippen molar-refractivity contribution in [2.24, 2.45) is 5.92 Å². The van der Waals surface area contributed by atoms with Crippen LogP contribution in [-0.2, 0) is 19.1 Å². The van der Waals surface area contributed by atoms with Gasteiger partial charge < -0.3 is 14.6 Å². The number of aliphatic hydroxyl groups excluding tert-OH is 1. The molecule has 1 saturated heterocycles. The number of aromatic nitrogens is 4. The summed E-state index contributed by atoms with van der Waals surface area (Å²) in [6, 6.07) is 0. The van der Waals surface area contributed by atoms with Crippen LogP contribution in [0.2, 0.25) is 0 Å². The highest BCUT2D eigenvalue weighted by Gasteiger charge is 2.35. The summed E-state index contributed by atoms with van der Waals surface area (Å²) in [5, 5.41) is 9.57. The third kappa shape index (κ3) is 5.42. The molecule has 1 fully saturated rings. The average molecular weight is 423 g/mol. The summed E-state index contributed by atoms with van der Waals surface area (Å²) in [5.74, 6) is -0.913. The molecule has 3 N–H and O–H groups in total. The molecule has 0 aromatic carbocycles. The number of carbonyl (C=O) groups excluding carboxylic acids is 2. The summed E-state index contributed by atoms with van der Waals surface area (Å²) in [5.41, 5.74) is -0.660. The standard InChI is InChI=1S/C18H25N5O5.CH4O/c1-9(2)14(24)21-17-20-13-12(15(25)22-17)19-8-23(13)11-7-6-10(27-11)16(26)28-18(3,4)5;1-2/h8-11H,6-7H2,1-5H3,(H2,20,21,22,24,25);2H,1H3. The van der Waals surface area contributed by atoms with Crippen LogP contribution in [0.15, 0.2) is 11.1 Å². The van der Waals surface area contributed by atoms with Gasteiger partial charge in [0.15, 0.2) is 17.3 Å². The van der Waals surface area contributed by atoms with E-state index in [9.17, 15) is 14.4 Å². The van der Waals surface area contributed by atoms with E-state index >= 15 is 0 Å². The van der Waals surface area contributed by atoms with E-state index in [1.54, 1.807) is 39.2 Å². The second kappa shape index (κ2) is 9.35. The van der Waals surface area contributed by atoms with Gasteiger partial charge in [0.1, 0.15) is 11.8 Å². The van der Waals surface area contributed by atoms with Crippen LogP contribution >= 0.6 is 0 Å². The first kappa shape index (κ1) is 23.5. The van der Waals surface area contributed by atoms with E-state index in [1.807, 2.05) is 0 Å².